The summed E-state index contributed by atoms with van der Waals surface area (Å²) in [4.78, 5) is 2.47. The molecule has 0 fully saturated rings. The maximum Gasteiger partial charge on any atom is 0.145 e. The lowest BCUT2D eigenvalue weighted by atomic mass is 9.94. The van der Waals surface area contributed by atoms with E-state index in [1.165, 1.54) is 37.9 Å². The molecule has 0 aliphatic rings. The predicted octanol–water partition coefficient (Wildman–Crippen LogP) is 13.3. The first-order valence-corrected chi connectivity index (χ1v) is 16.4. The van der Waals surface area contributed by atoms with Crippen LogP contribution in [0.1, 0.15) is 0 Å². The number of anilines is 3. The van der Waals surface area contributed by atoms with Gasteiger partial charge in [0.05, 0.1) is 17.1 Å². The summed E-state index contributed by atoms with van der Waals surface area (Å²) in [6.45, 7) is 0. The van der Waals surface area contributed by atoms with Crippen LogP contribution in [-0.4, -0.2) is 0 Å². The van der Waals surface area contributed by atoms with E-state index < -0.39 is 0 Å². The highest BCUT2D eigenvalue weighted by atomic mass is 16.3. The molecule has 48 heavy (non-hydrogen) atoms. The van der Waals surface area contributed by atoms with Gasteiger partial charge in [0, 0.05) is 27.1 Å². The lowest BCUT2D eigenvalue weighted by molar-refractivity contribution is 0.672. The van der Waals surface area contributed by atoms with E-state index >= 15 is 0 Å². The lowest BCUT2D eigenvalue weighted by Gasteiger charge is -2.30. The number of hydrogen-bond donors (Lipinski definition) is 0. The Labute approximate surface area is 277 Å². The summed E-state index contributed by atoms with van der Waals surface area (Å²) in [5, 5.41) is 11.9. The first-order valence-electron chi connectivity index (χ1n) is 16.4. The van der Waals surface area contributed by atoms with Crippen molar-refractivity contribution in [3.05, 3.63) is 176 Å². The van der Waals surface area contributed by atoms with Crippen LogP contribution >= 0.6 is 0 Å². The van der Waals surface area contributed by atoms with Crippen LogP contribution in [0.25, 0.3) is 76.2 Å². The van der Waals surface area contributed by atoms with Gasteiger partial charge in [-0.3, -0.25) is 0 Å². The average Bonchev–Trinajstić information content (AvgIpc) is 3.54. The van der Waals surface area contributed by atoms with Crippen molar-refractivity contribution < 1.29 is 4.42 Å². The van der Waals surface area contributed by atoms with Gasteiger partial charge in [0.25, 0.3) is 0 Å². The van der Waals surface area contributed by atoms with Gasteiger partial charge in [0.15, 0.2) is 0 Å². The van der Waals surface area contributed by atoms with E-state index in [0.29, 0.717) is 0 Å². The van der Waals surface area contributed by atoms with Crippen molar-refractivity contribution in [3.63, 3.8) is 0 Å². The van der Waals surface area contributed by atoms with Crippen molar-refractivity contribution in [1.82, 2.24) is 0 Å². The van der Waals surface area contributed by atoms with E-state index in [0.717, 1.165) is 55.3 Å². The fraction of sp³-hybridized carbons (Fsp3) is 0. The normalized spacial score (nSPS) is 11.8. The van der Waals surface area contributed by atoms with E-state index in [9.17, 15) is 0 Å². The number of para-hydroxylation sites is 2. The van der Waals surface area contributed by atoms with Gasteiger partial charge in [-0.25, -0.2) is 0 Å². The maximum absolute atomic E-state index is 6.73. The van der Waals surface area contributed by atoms with Crippen LogP contribution in [0.15, 0.2) is 180 Å². The monoisotopic (exact) mass is 611 g/mol. The van der Waals surface area contributed by atoms with Gasteiger partial charge in [-0.05, 0) is 68.2 Å². The van der Waals surface area contributed by atoms with Crippen LogP contribution in [0.3, 0.4) is 0 Å². The minimum atomic E-state index is 0.897. The molecule has 9 aromatic carbocycles. The molecular formula is C46H29NO. The molecule has 1 aromatic heterocycles. The molecule has 0 aliphatic heterocycles. The fourth-order valence-electron chi connectivity index (χ4n) is 7.68. The Bertz CT molecular complexity index is 2840. The highest BCUT2D eigenvalue weighted by Gasteiger charge is 2.24. The summed E-state index contributed by atoms with van der Waals surface area (Å²) in [5.41, 5.74) is 7.44. The molecule has 0 aliphatic carbocycles. The van der Waals surface area contributed by atoms with Crippen molar-refractivity contribution in [2.24, 2.45) is 0 Å². The van der Waals surface area contributed by atoms with Gasteiger partial charge >= 0.3 is 0 Å². The molecule has 0 spiro atoms. The Morgan fingerprint density at radius 1 is 0.333 bits per heavy atom. The van der Waals surface area contributed by atoms with Crippen LogP contribution in [0.2, 0.25) is 0 Å². The van der Waals surface area contributed by atoms with Gasteiger partial charge in [-0.15, -0.1) is 0 Å². The molecule has 0 saturated heterocycles. The minimum absolute atomic E-state index is 0.897. The number of rotatable bonds is 4. The van der Waals surface area contributed by atoms with E-state index in [1.54, 1.807) is 0 Å². The summed E-state index contributed by atoms with van der Waals surface area (Å²) in [5.74, 6) is 0. The zero-order chi connectivity index (χ0) is 31.6. The van der Waals surface area contributed by atoms with Gasteiger partial charge in [0.1, 0.15) is 11.2 Å². The number of benzene rings is 9. The molecule has 0 unspecified atom stereocenters. The summed E-state index contributed by atoms with van der Waals surface area (Å²) in [7, 11) is 0. The highest BCUT2D eigenvalue weighted by Crippen LogP contribution is 2.49. The Hall–Kier alpha value is -6.38. The van der Waals surface area contributed by atoms with Crippen molar-refractivity contribution in [1.29, 1.82) is 0 Å². The second-order valence-electron chi connectivity index (χ2n) is 12.5. The molecule has 0 atom stereocenters. The third-order valence-electron chi connectivity index (χ3n) is 9.81. The molecule has 0 bridgehead atoms. The molecule has 10 rings (SSSR count). The third kappa shape index (κ3) is 4.00. The zero-order valence-electron chi connectivity index (χ0n) is 26.1. The molecular weight excluding hydrogens is 583 g/mol. The van der Waals surface area contributed by atoms with E-state index in [2.05, 4.69) is 175 Å². The van der Waals surface area contributed by atoms with Crippen LogP contribution in [0.4, 0.5) is 17.1 Å². The first-order chi connectivity index (χ1) is 23.8. The number of furan rings is 1. The molecule has 0 amide bonds. The van der Waals surface area contributed by atoms with Crippen molar-refractivity contribution in [2.75, 3.05) is 4.90 Å². The predicted molar refractivity (Wildman–Crippen MR) is 204 cm³/mol. The molecule has 224 valence electrons. The SMILES string of the molecule is c1ccc(-c2ccccc2N(c2cccc3ccc4c5ccccc5oc4c23)c2cccc3ccc4ccc5ccccc5c4c23)cc1. The molecule has 0 radical (unpaired) electrons. The second kappa shape index (κ2) is 10.6. The molecule has 2 heteroatoms. The van der Waals surface area contributed by atoms with Crippen molar-refractivity contribution in [3.8, 4) is 11.1 Å². The topological polar surface area (TPSA) is 16.4 Å². The quantitative estimate of drug-likeness (QED) is 0.184. The van der Waals surface area contributed by atoms with Crippen molar-refractivity contribution >= 4 is 82.1 Å². The van der Waals surface area contributed by atoms with Crippen LogP contribution in [0, 0.1) is 0 Å². The van der Waals surface area contributed by atoms with E-state index in [4.69, 9.17) is 4.42 Å². The standard InChI is InChI=1S/C46H29NO/c1-2-12-30(13-3-1)35-17-6-8-20-39(35)47(41-22-11-16-33-28-29-38-37-19-7-9-23-42(37)48-46(38)45(33)41)40-21-10-15-32-26-27-34-25-24-31-14-4-5-18-36(31)43(34)44(32)40/h1-29H. The minimum Gasteiger partial charge on any atom is -0.455 e. The third-order valence-corrected chi connectivity index (χ3v) is 9.81. The maximum atomic E-state index is 6.73. The van der Waals surface area contributed by atoms with Crippen LogP contribution in [0.5, 0.6) is 0 Å². The van der Waals surface area contributed by atoms with Crippen LogP contribution < -0.4 is 4.90 Å². The number of fused-ring (bicyclic) bond motifs is 10. The smallest absolute Gasteiger partial charge is 0.145 e. The first kappa shape index (κ1) is 26.8. The van der Waals surface area contributed by atoms with E-state index in [1.807, 2.05) is 6.07 Å². The largest absolute Gasteiger partial charge is 0.455 e. The van der Waals surface area contributed by atoms with E-state index in [-0.39, 0.29) is 0 Å². The van der Waals surface area contributed by atoms with Gasteiger partial charge in [0.2, 0.25) is 0 Å². The Morgan fingerprint density at radius 3 is 1.73 bits per heavy atom. The fourth-order valence-corrected chi connectivity index (χ4v) is 7.68. The van der Waals surface area contributed by atoms with Crippen LogP contribution in [-0.2, 0) is 0 Å². The molecule has 0 saturated carbocycles. The number of hydrogen-bond acceptors (Lipinski definition) is 2. The molecule has 10 aromatic rings. The molecule has 1 heterocycles. The summed E-state index contributed by atoms with van der Waals surface area (Å²) in [6.07, 6.45) is 0. The second-order valence-corrected chi connectivity index (χ2v) is 12.5. The Balaban J connectivity index is 1.40. The molecule has 2 nitrogen and oxygen atoms in total. The highest BCUT2D eigenvalue weighted by molar-refractivity contribution is 6.26. The summed E-state index contributed by atoms with van der Waals surface area (Å²) in [6, 6.07) is 63.3. The lowest BCUT2D eigenvalue weighted by Crippen LogP contribution is -2.12. The Morgan fingerprint density at radius 2 is 0.896 bits per heavy atom. The summed E-state index contributed by atoms with van der Waals surface area (Å²) < 4.78 is 6.73. The zero-order valence-corrected chi connectivity index (χ0v) is 26.1. The van der Waals surface area contributed by atoms with Gasteiger partial charge in [-0.2, -0.15) is 0 Å². The molecule has 0 N–H and O–H groups in total. The van der Waals surface area contributed by atoms with Crippen molar-refractivity contribution in [2.45, 2.75) is 0 Å². The van der Waals surface area contributed by atoms with Gasteiger partial charge < -0.3 is 9.32 Å². The van der Waals surface area contributed by atoms with Gasteiger partial charge in [-0.1, -0.05) is 146 Å². The average molecular weight is 612 g/mol. The summed E-state index contributed by atoms with van der Waals surface area (Å²) >= 11 is 0. The number of nitrogens with zero attached hydrogens (tertiary/aromatic N) is 1. The Kier molecular flexibility index (Phi) is 5.91.